The van der Waals surface area contributed by atoms with E-state index in [9.17, 15) is 14.9 Å². The molecule has 1 aliphatic heterocycles. The number of aromatic nitrogens is 2. The van der Waals surface area contributed by atoms with E-state index in [0.717, 1.165) is 54.3 Å². The van der Waals surface area contributed by atoms with Crippen molar-refractivity contribution in [1.29, 1.82) is 0 Å². The Balaban J connectivity index is 1.70. The first-order valence-corrected chi connectivity index (χ1v) is 9.97. The standard InChI is InChI=1S/C21H26N4O3/c1-13-10-16(8-9-24(13)21(26)15-6-4-5-7-15)17-12-23(3)20-19(17)14(2)18(11-22-20)25(27)28/h8,11-13,15H,4-7,9-10H2,1-3H3. The van der Waals surface area contributed by atoms with Gasteiger partial charge in [0.25, 0.3) is 5.69 Å². The third-order valence-corrected chi connectivity index (χ3v) is 6.33. The van der Waals surface area contributed by atoms with Gasteiger partial charge < -0.3 is 9.47 Å². The van der Waals surface area contributed by atoms with E-state index >= 15 is 0 Å². The fourth-order valence-corrected chi connectivity index (χ4v) is 4.75. The van der Waals surface area contributed by atoms with Crippen LogP contribution in [-0.2, 0) is 11.8 Å². The maximum atomic E-state index is 12.9. The highest BCUT2D eigenvalue weighted by Gasteiger charge is 2.32. The van der Waals surface area contributed by atoms with Crippen LogP contribution >= 0.6 is 0 Å². The van der Waals surface area contributed by atoms with E-state index in [1.165, 1.54) is 6.20 Å². The predicted molar refractivity (Wildman–Crippen MR) is 108 cm³/mol. The fourth-order valence-electron chi connectivity index (χ4n) is 4.75. The van der Waals surface area contributed by atoms with Gasteiger partial charge in [0.05, 0.1) is 4.92 Å². The number of nitrogens with zero attached hydrogens (tertiary/aromatic N) is 4. The van der Waals surface area contributed by atoms with E-state index in [-0.39, 0.29) is 28.5 Å². The second-order valence-corrected chi connectivity index (χ2v) is 8.13. The van der Waals surface area contributed by atoms with Crippen molar-refractivity contribution >= 4 is 28.2 Å². The Bertz CT molecular complexity index is 985. The molecular formula is C21H26N4O3. The second-order valence-electron chi connectivity index (χ2n) is 8.13. The molecule has 3 heterocycles. The number of fused-ring (bicyclic) bond motifs is 1. The first-order chi connectivity index (χ1) is 13.4. The molecule has 0 spiro atoms. The number of rotatable bonds is 3. The van der Waals surface area contributed by atoms with Crippen LogP contribution in [0, 0.1) is 23.0 Å². The van der Waals surface area contributed by atoms with Gasteiger partial charge in [-0.2, -0.15) is 0 Å². The molecule has 1 atom stereocenters. The van der Waals surface area contributed by atoms with E-state index in [1.54, 1.807) is 6.92 Å². The van der Waals surface area contributed by atoms with E-state index in [4.69, 9.17) is 0 Å². The first kappa shape index (κ1) is 18.7. The average Bonchev–Trinajstić information content (AvgIpc) is 3.30. The molecule has 148 valence electrons. The van der Waals surface area contributed by atoms with E-state index < -0.39 is 0 Å². The summed E-state index contributed by atoms with van der Waals surface area (Å²) >= 11 is 0. The van der Waals surface area contributed by atoms with Crippen molar-refractivity contribution in [2.24, 2.45) is 13.0 Å². The van der Waals surface area contributed by atoms with Crippen LogP contribution in [0.3, 0.4) is 0 Å². The zero-order valence-electron chi connectivity index (χ0n) is 16.6. The molecule has 0 saturated heterocycles. The summed E-state index contributed by atoms with van der Waals surface area (Å²) in [6.45, 7) is 4.48. The van der Waals surface area contributed by atoms with Gasteiger partial charge in [-0.3, -0.25) is 14.9 Å². The molecule has 4 rings (SSSR count). The summed E-state index contributed by atoms with van der Waals surface area (Å²) in [5.41, 5.74) is 3.56. The number of amides is 1. The molecule has 0 N–H and O–H groups in total. The lowest BCUT2D eigenvalue weighted by Gasteiger charge is -2.35. The Labute approximate surface area is 164 Å². The highest BCUT2D eigenvalue weighted by molar-refractivity contribution is 5.95. The van der Waals surface area contributed by atoms with Gasteiger partial charge in [0, 0.05) is 48.3 Å². The topological polar surface area (TPSA) is 81.3 Å². The average molecular weight is 382 g/mol. The zero-order chi connectivity index (χ0) is 20.0. The third kappa shape index (κ3) is 2.99. The van der Waals surface area contributed by atoms with Crippen LogP contribution in [0.25, 0.3) is 16.6 Å². The summed E-state index contributed by atoms with van der Waals surface area (Å²) in [4.78, 5) is 30.2. The van der Waals surface area contributed by atoms with Crippen molar-refractivity contribution in [2.45, 2.75) is 52.0 Å². The molecule has 1 unspecified atom stereocenters. The maximum absolute atomic E-state index is 12.9. The van der Waals surface area contributed by atoms with Gasteiger partial charge in [-0.05, 0) is 38.7 Å². The molecule has 28 heavy (non-hydrogen) atoms. The molecule has 7 heteroatoms. The summed E-state index contributed by atoms with van der Waals surface area (Å²) in [7, 11) is 1.91. The quantitative estimate of drug-likeness (QED) is 0.594. The van der Waals surface area contributed by atoms with Gasteiger partial charge in [-0.1, -0.05) is 18.9 Å². The summed E-state index contributed by atoms with van der Waals surface area (Å²) < 4.78 is 1.92. The van der Waals surface area contributed by atoms with Gasteiger partial charge in [-0.15, -0.1) is 0 Å². The molecule has 0 aromatic carbocycles. The predicted octanol–water partition coefficient (Wildman–Crippen LogP) is 3.98. The van der Waals surface area contributed by atoms with Crippen LogP contribution in [-0.4, -0.2) is 37.9 Å². The van der Waals surface area contributed by atoms with Crippen molar-refractivity contribution in [2.75, 3.05) is 6.54 Å². The van der Waals surface area contributed by atoms with E-state index in [1.807, 2.05) is 22.7 Å². The molecule has 2 aromatic rings. The fraction of sp³-hybridized carbons (Fsp3) is 0.524. The maximum Gasteiger partial charge on any atom is 0.291 e. The van der Waals surface area contributed by atoms with E-state index in [0.29, 0.717) is 12.1 Å². The highest BCUT2D eigenvalue weighted by atomic mass is 16.6. The number of carbonyl (C=O) groups is 1. The van der Waals surface area contributed by atoms with Gasteiger partial charge in [0.2, 0.25) is 5.91 Å². The molecule has 1 saturated carbocycles. The van der Waals surface area contributed by atoms with Gasteiger partial charge in [0.1, 0.15) is 11.8 Å². The number of nitro groups is 1. The van der Waals surface area contributed by atoms with Crippen molar-refractivity contribution < 1.29 is 9.72 Å². The molecule has 2 aliphatic rings. The summed E-state index contributed by atoms with van der Waals surface area (Å²) in [6, 6.07) is 0.121. The largest absolute Gasteiger partial charge is 0.336 e. The molecule has 7 nitrogen and oxygen atoms in total. The lowest BCUT2D eigenvalue weighted by Crippen LogP contribution is -2.43. The molecule has 1 fully saturated rings. The van der Waals surface area contributed by atoms with Gasteiger partial charge >= 0.3 is 0 Å². The van der Waals surface area contributed by atoms with Crippen LogP contribution in [0.5, 0.6) is 0 Å². The van der Waals surface area contributed by atoms with Crippen molar-refractivity contribution in [3.05, 3.63) is 39.7 Å². The second kappa shape index (κ2) is 7.04. The summed E-state index contributed by atoms with van der Waals surface area (Å²) in [6.07, 6.45) is 10.5. The number of aryl methyl sites for hydroxylation is 2. The number of hydrogen-bond donors (Lipinski definition) is 0. The minimum atomic E-state index is -0.377. The Morgan fingerprint density at radius 1 is 1.32 bits per heavy atom. The Kier molecular flexibility index (Phi) is 4.69. The lowest BCUT2D eigenvalue weighted by molar-refractivity contribution is -0.385. The van der Waals surface area contributed by atoms with Crippen LogP contribution in [0.4, 0.5) is 5.69 Å². The number of hydrogen-bond acceptors (Lipinski definition) is 4. The Morgan fingerprint density at radius 3 is 2.68 bits per heavy atom. The first-order valence-electron chi connectivity index (χ1n) is 9.97. The number of pyridine rings is 1. The van der Waals surface area contributed by atoms with Crippen molar-refractivity contribution in [1.82, 2.24) is 14.5 Å². The molecule has 2 aromatic heterocycles. The van der Waals surface area contributed by atoms with Gasteiger partial charge in [0.15, 0.2) is 0 Å². The Morgan fingerprint density at radius 2 is 2.04 bits per heavy atom. The molecule has 0 bridgehead atoms. The molecule has 1 amide bonds. The number of carbonyl (C=O) groups excluding carboxylic acids is 1. The molecule has 0 radical (unpaired) electrons. The van der Waals surface area contributed by atoms with Crippen molar-refractivity contribution in [3.63, 3.8) is 0 Å². The third-order valence-electron chi connectivity index (χ3n) is 6.33. The monoisotopic (exact) mass is 382 g/mol. The summed E-state index contributed by atoms with van der Waals surface area (Å²) in [5, 5.41) is 12.2. The molecule has 1 aliphatic carbocycles. The van der Waals surface area contributed by atoms with Crippen LogP contribution in [0.1, 0.15) is 50.2 Å². The van der Waals surface area contributed by atoms with E-state index in [2.05, 4.69) is 18.0 Å². The lowest BCUT2D eigenvalue weighted by atomic mass is 9.92. The minimum absolute atomic E-state index is 0.0439. The van der Waals surface area contributed by atoms with Crippen LogP contribution < -0.4 is 0 Å². The van der Waals surface area contributed by atoms with Gasteiger partial charge in [-0.25, -0.2) is 4.98 Å². The van der Waals surface area contributed by atoms with Crippen LogP contribution in [0.15, 0.2) is 18.5 Å². The SMILES string of the molecule is Cc1c([N+](=O)[O-])cnc2c1c(C1=CCN(C(=O)C3CCCC3)C(C)C1)cn2C. The smallest absolute Gasteiger partial charge is 0.291 e. The highest BCUT2D eigenvalue weighted by Crippen LogP contribution is 2.37. The summed E-state index contributed by atoms with van der Waals surface area (Å²) in [5.74, 6) is 0.468. The Hall–Kier alpha value is -2.70. The van der Waals surface area contributed by atoms with Crippen molar-refractivity contribution in [3.8, 4) is 0 Å². The normalized spacial score (nSPS) is 20.6. The minimum Gasteiger partial charge on any atom is -0.336 e. The van der Waals surface area contributed by atoms with Crippen LogP contribution in [0.2, 0.25) is 0 Å². The molecular weight excluding hydrogens is 356 g/mol. The zero-order valence-corrected chi connectivity index (χ0v) is 16.6.